The minimum atomic E-state index is 0.166. The first-order valence-electron chi connectivity index (χ1n) is 10.7. The molecule has 3 aromatic carbocycles. The van der Waals surface area contributed by atoms with Gasteiger partial charge in [-0.15, -0.1) is 0 Å². The highest BCUT2D eigenvalue weighted by Crippen LogP contribution is 2.45. The van der Waals surface area contributed by atoms with E-state index in [1.54, 1.807) is 19.2 Å². The first-order valence-corrected chi connectivity index (χ1v) is 11.5. The molecule has 1 heterocycles. The van der Waals surface area contributed by atoms with Crippen LogP contribution in [-0.4, -0.2) is 12.1 Å². The Kier molecular flexibility index (Phi) is 7.01. The average molecular weight is 525 g/mol. The second kappa shape index (κ2) is 10.3. The topological polar surface area (TPSA) is 105 Å². The number of hydrogen-bond donors (Lipinski definition) is 1. The van der Waals surface area contributed by atoms with Crippen molar-refractivity contribution < 1.29 is 9.47 Å². The smallest absolute Gasteiger partial charge is 0.162 e. The van der Waals surface area contributed by atoms with Crippen molar-refractivity contribution in [1.82, 2.24) is 4.98 Å². The Hall–Kier alpha value is -4.33. The van der Waals surface area contributed by atoms with Gasteiger partial charge in [-0.2, -0.15) is 10.5 Å². The summed E-state index contributed by atoms with van der Waals surface area (Å²) in [6.07, 6.45) is 0. The lowest BCUT2D eigenvalue weighted by molar-refractivity contribution is 0.284. The van der Waals surface area contributed by atoms with Crippen LogP contribution in [0, 0.1) is 29.6 Å². The molecule has 6 nitrogen and oxygen atoms in total. The highest BCUT2D eigenvalue weighted by molar-refractivity contribution is 9.10. The number of aryl methyl sites for hydroxylation is 1. The van der Waals surface area contributed by atoms with Crippen molar-refractivity contribution in [3.8, 4) is 45.9 Å². The first kappa shape index (κ1) is 23.8. The Morgan fingerprint density at radius 1 is 0.943 bits per heavy atom. The van der Waals surface area contributed by atoms with Crippen LogP contribution >= 0.6 is 15.9 Å². The third-order valence-electron chi connectivity index (χ3n) is 5.62. The summed E-state index contributed by atoms with van der Waals surface area (Å²) in [5, 5.41) is 19.3. The van der Waals surface area contributed by atoms with Crippen LogP contribution in [0.15, 0.2) is 71.2 Å². The standard InChI is InChI=1S/C28H21BrN4O2/c1-17-26(18-8-4-3-5-9-18)27(22(15-31)28(32)33-17)21-12-24(34-2)25(13-23(21)29)35-16-20-11-7-6-10-19(20)14-30/h3-13H,16H2,1-2H3,(H2,32,33). The first-order chi connectivity index (χ1) is 17.0. The molecule has 0 aliphatic heterocycles. The maximum atomic E-state index is 9.99. The molecule has 0 saturated heterocycles. The van der Waals surface area contributed by atoms with Crippen LogP contribution in [0.1, 0.15) is 22.4 Å². The van der Waals surface area contributed by atoms with Crippen molar-refractivity contribution in [3.63, 3.8) is 0 Å². The number of nitrogen functional groups attached to an aromatic ring is 1. The van der Waals surface area contributed by atoms with Crippen molar-refractivity contribution in [3.05, 3.63) is 93.6 Å². The number of benzene rings is 3. The van der Waals surface area contributed by atoms with Gasteiger partial charge in [-0.1, -0.05) is 64.5 Å². The number of pyridine rings is 1. The number of nitrogens with two attached hydrogens (primary N) is 1. The normalized spacial score (nSPS) is 10.3. The summed E-state index contributed by atoms with van der Waals surface area (Å²) in [5.74, 6) is 1.14. The maximum absolute atomic E-state index is 9.99. The van der Waals surface area contributed by atoms with E-state index < -0.39 is 0 Å². The Balaban J connectivity index is 1.86. The predicted octanol–water partition coefficient (Wildman–Crippen LogP) is 6.40. The largest absolute Gasteiger partial charge is 0.493 e. The second-order valence-electron chi connectivity index (χ2n) is 7.73. The van der Waals surface area contributed by atoms with E-state index >= 15 is 0 Å². The molecule has 0 unspecified atom stereocenters. The number of halogens is 1. The van der Waals surface area contributed by atoms with E-state index in [4.69, 9.17) is 15.2 Å². The van der Waals surface area contributed by atoms with Crippen LogP contribution in [0.5, 0.6) is 11.5 Å². The van der Waals surface area contributed by atoms with Gasteiger partial charge in [0.15, 0.2) is 11.5 Å². The number of anilines is 1. The fourth-order valence-electron chi connectivity index (χ4n) is 3.98. The maximum Gasteiger partial charge on any atom is 0.162 e. The molecule has 0 amide bonds. The highest BCUT2D eigenvalue weighted by atomic mass is 79.9. The zero-order valence-electron chi connectivity index (χ0n) is 19.2. The van der Waals surface area contributed by atoms with Crippen molar-refractivity contribution in [2.45, 2.75) is 13.5 Å². The predicted molar refractivity (Wildman–Crippen MR) is 139 cm³/mol. The van der Waals surface area contributed by atoms with E-state index in [0.717, 1.165) is 22.3 Å². The van der Waals surface area contributed by atoms with E-state index in [1.807, 2.05) is 61.5 Å². The fraction of sp³-hybridized carbons (Fsp3) is 0.107. The highest BCUT2D eigenvalue weighted by Gasteiger charge is 2.23. The van der Waals surface area contributed by atoms with Crippen molar-refractivity contribution in [2.24, 2.45) is 0 Å². The lowest BCUT2D eigenvalue weighted by Gasteiger charge is -2.19. The Morgan fingerprint density at radius 3 is 2.34 bits per heavy atom. The zero-order chi connectivity index (χ0) is 24.9. The molecule has 0 radical (unpaired) electrons. The number of nitriles is 2. The van der Waals surface area contributed by atoms with Crippen molar-refractivity contribution >= 4 is 21.7 Å². The summed E-state index contributed by atoms with van der Waals surface area (Å²) >= 11 is 3.66. The third kappa shape index (κ3) is 4.68. The van der Waals surface area contributed by atoms with Gasteiger partial charge in [0.2, 0.25) is 0 Å². The number of methoxy groups -OCH3 is 1. The second-order valence-corrected chi connectivity index (χ2v) is 8.58. The fourth-order valence-corrected chi connectivity index (χ4v) is 4.50. The number of nitrogens with zero attached hydrogens (tertiary/aromatic N) is 3. The van der Waals surface area contributed by atoms with Gasteiger partial charge < -0.3 is 15.2 Å². The van der Waals surface area contributed by atoms with Crippen molar-refractivity contribution in [1.29, 1.82) is 10.5 Å². The van der Waals surface area contributed by atoms with E-state index in [-0.39, 0.29) is 18.0 Å². The molecule has 35 heavy (non-hydrogen) atoms. The number of ether oxygens (including phenoxy) is 2. The zero-order valence-corrected chi connectivity index (χ0v) is 20.8. The van der Waals surface area contributed by atoms with E-state index in [9.17, 15) is 10.5 Å². The minimum absolute atomic E-state index is 0.166. The molecule has 0 atom stereocenters. The SMILES string of the molecule is COc1cc(-c2c(C#N)c(N)nc(C)c2-c2ccccc2)c(Br)cc1OCc1ccccc1C#N. The van der Waals surface area contributed by atoms with Crippen LogP contribution in [-0.2, 0) is 6.61 Å². The summed E-state index contributed by atoms with van der Waals surface area (Å²) in [6.45, 7) is 2.07. The van der Waals surface area contributed by atoms with E-state index in [1.165, 1.54) is 0 Å². The summed E-state index contributed by atoms with van der Waals surface area (Å²) < 4.78 is 12.4. The molecule has 172 valence electrons. The number of rotatable bonds is 6. The molecule has 1 aromatic heterocycles. The van der Waals surface area contributed by atoms with E-state index in [2.05, 4.69) is 33.1 Å². The Labute approximate surface area is 212 Å². The number of hydrogen-bond acceptors (Lipinski definition) is 6. The van der Waals surface area contributed by atoms with Gasteiger partial charge >= 0.3 is 0 Å². The lowest BCUT2D eigenvalue weighted by atomic mass is 9.90. The van der Waals surface area contributed by atoms with Crippen LogP contribution in [0.2, 0.25) is 0 Å². The molecule has 0 bridgehead atoms. The minimum Gasteiger partial charge on any atom is -0.493 e. The van der Waals surface area contributed by atoms with Gasteiger partial charge in [-0.05, 0) is 30.7 Å². The monoisotopic (exact) mass is 524 g/mol. The van der Waals surface area contributed by atoms with Gasteiger partial charge in [-0.3, -0.25) is 0 Å². The average Bonchev–Trinajstić information content (AvgIpc) is 2.87. The summed E-state index contributed by atoms with van der Waals surface area (Å²) in [7, 11) is 1.55. The van der Waals surface area contributed by atoms with E-state index in [0.29, 0.717) is 32.8 Å². The van der Waals surface area contributed by atoms with Gasteiger partial charge in [0.25, 0.3) is 0 Å². The Bertz CT molecular complexity index is 1490. The quantitative estimate of drug-likeness (QED) is 0.312. The molecule has 4 rings (SSSR count). The number of aromatic nitrogens is 1. The summed E-state index contributed by atoms with van der Waals surface area (Å²) in [5.41, 5.74) is 11.6. The molecule has 0 aliphatic rings. The van der Waals surface area contributed by atoms with Crippen LogP contribution in [0.25, 0.3) is 22.3 Å². The van der Waals surface area contributed by atoms with Gasteiger partial charge in [-0.25, -0.2) is 4.98 Å². The summed E-state index contributed by atoms with van der Waals surface area (Å²) in [6, 6.07) is 25.0. The van der Waals surface area contributed by atoms with Crippen LogP contribution in [0.4, 0.5) is 5.82 Å². The Morgan fingerprint density at radius 2 is 1.66 bits per heavy atom. The van der Waals surface area contributed by atoms with Gasteiger partial charge in [0, 0.05) is 32.4 Å². The van der Waals surface area contributed by atoms with Gasteiger partial charge in [0.1, 0.15) is 24.1 Å². The lowest BCUT2D eigenvalue weighted by Crippen LogP contribution is -2.04. The molecular weight excluding hydrogens is 504 g/mol. The molecule has 4 aromatic rings. The molecule has 0 aliphatic carbocycles. The molecule has 7 heteroatoms. The van der Waals surface area contributed by atoms with Crippen LogP contribution in [0.3, 0.4) is 0 Å². The van der Waals surface area contributed by atoms with Crippen LogP contribution < -0.4 is 15.2 Å². The molecule has 0 saturated carbocycles. The molecule has 0 spiro atoms. The molecular formula is C28H21BrN4O2. The van der Waals surface area contributed by atoms with Crippen molar-refractivity contribution in [2.75, 3.05) is 12.8 Å². The van der Waals surface area contributed by atoms with Gasteiger partial charge in [0.05, 0.1) is 18.7 Å². The molecule has 0 fully saturated rings. The third-order valence-corrected chi connectivity index (χ3v) is 6.28. The molecule has 2 N–H and O–H groups in total. The summed E-state index contributed by atoms with van der Waals surface area (Å²) in [4.78, 5) is 4.43.